The van der Waals surface area contributed by atoms with Crippen molar-refractivity contribution in [3.63, 3.8) is 0 Å². The molecule has 0 aliphatic carbocycles. The van der Waals surface area contributed by atoms with E-state index in [4.69, 9.17) is 5.73 Å². The number of aromatic nitrogens is 3. The van der Waals surface area contributed by atoms with Crippen LogP contribution in [0.5, 0.6) is 0 Å². The second-order valence-corrected chi connectivity index (χ2v) is 5.74. The van der Waals surface area contributed by atoms with Crippen molar-refractivity contribution in [2.45, 2.75) is 29.9 Å². The quantitative estimate of drug-likeness (QED) is 0.781. The fourth-order valence-electron chi connectivity index (χ4n) is 1.49. The number of benzene rings is 1. The van der Waals surface area contributed by atoms with Gasteiger partial charge in [-0.25, -0.2) is 4.98 Å². The lowest BCUT2D eigenvalue weighted by atomic mass is 10.1. The first kappa shape index (κ1) is 14.5. The number of nitrogens with two attached hydrogens (primary N) is 1. The maximum absolute atomic E-state index is 11.8. The average Bonchev–Trinajstić information content (AvgIpc) is 2.92. The summed E-state index contributed by atoms with van der Waals surface area (Å²) in [4.78, 5) is 16.9. The minimum Gasteiger partial charge on any atom is -0.325 e. The van der Waals surface area contributed by atoms with Crippen molar-refractivity contribution in [2.24, 2.45) is 11.7 Å². The van der Waals surface area contributed by atoms with E-state index in [9.17, 15) is 4.79 Å². The summed E-state index contributed by atoms with van der Waals surface area (Å²) in [5.41, 5.74) is 6.52. The van der Waals surface area contributed by atoms with E-state index in [-0.39, 0.29) is 11.8 Å². The monoisotopic (exact) mass is 291 g/mol. The summed E-state index contributed by atoms with van der Waals surface area (Å²) in [7, 11) is 0. The maximum atomic E-state index is 11.8. The van der Waals surface area contributed by atoms with Gasteiger partial charge in [-0.3, -0.25) is 9.89 Å². The van der Waals surface area contributed by atoms with Crippen LogP contribution in [0, 0.1) is 5.92 Å². The van der Waals surface area contributed by atoms with Crippen LogP contribution in [0.15, 0.2) is 40.6 Å². The predicted molar refractivity (Wildman–Crippen MR) is 78.4 cm³/mol. The van der Waals surface area contributed by atoms with E-state index in [2.05, 4.69) is 20.5 Å². The number of aromatic amines is 1. The molecule has 1 amide bonds. The van der Waals surface area contributed by atoms with Crippen LogP contribution in [-0.4, -0.2) is 27.1 Å². The van der Waals surface area contributed by atoms with E-state index in [1.807, 2.05) is 38.1 Å². The normalized spacial score (nSPS) is 12.4. The third kappa shape index (κ3) is 3.82. The Morgan fingerprint density at radius 3 is 2.60 bits per heavy atom. The Labute approximate surface area is 121 Å². The summed E-state index contributed by atoms with van der Waals surface area (Å²) in [6.07, 6.45) is 1.46. The predicted octanol–water partition coefficient (Wildman–Crippen LogP) is 1.88. The first-order valence-electron chi connectivity index (χ1n) is 6.26. The van der Waals surface area contributed by atoms with Crippen LogP contribution in [0.4, 0.5) is 5.69 Å². The zero-order valence-electron chi connectivity index (χ0n) is 11.3. The topological polar surface area (TPSA) is 96.7 Å². The molecule has 0 spiro atoms. The van der Waals surface area contributed by atoms with Crippen LogP contribution < -0.4 is 11.1 Å². The Bertz CT molecular complexity index is 553. The summed E-state index contributed by atoms with van der Waals surface area (Å²) in [6.45, 7) is 3.84. The molecule has 7 heteroatoms. The number of rotatable bonds is 5. The van der Waals surface area contributed by atoms with Gasteiger partial charge in [0.25, 0.3) is 0 Å². The zero-order valence-corrected chi connectivity index (χ0v) is 12.1. The molecule has 0 saturated carbocycles. The van der Waals surface area contributed by atoms with E-state index in [0.717, 1.165) is 15.7 Å². The van der Waals surface area contributed by atoms with Crippen LogP contribution in [0.2, 0.25) is 0 Å². The Morgan fingerprint density at radius 1 is 1.35 bits per heavy atom. The summed E-state index contributed by atoms with van der Waals surface area (Å²) >= 11 is 1.47. The standard InChI is InChI=1S/C13H17N5OS/c1-8(2)11(14)12(19)17-9-3-5-10(6-4-9)20-13-15-7-16-18-13/h3-8,11H,14H2,1-2H3,(H,17,19)(H,15,16,18)/t11-/m1/s1. The van der Waals surface area contributed by atoms with E-state index in [1.165, 1.54) is 18.1 Å². The summed E-state index contributed by atoms with van der Waals surface area (Å²) in [5.74, 6) is -0.0630. The van der Waals surface area contributed by atoms with Crippen LogP contribution in [-0.2, 0) is 4.79 Å². The molecule has 106 valence electrons. The molecule has 0 bridgehead atoms. The summed E-state index contributed by atoms with van der Waals surface area (Å²) in [5, 5.41) is 10.1. The number of nitrogens with one attached hydrogen (secondary N) is 2. The van der Waals surface area contributed by atoms with Crippen molar-refractivity contribution in [3.05, 3.63) is 30.6 Å². The number of carbonyl (C=O) groups is 1. The SMILES string of the molecule is CC(C)[C@@H](N)C(=O)Nc1ccc(Sc2ncn[nH]2)cc1. The van der Waals surface area contributed by atoms with Crippen LogP contribution in [0.25, 0.3) is 0 Å². The number of H-pyrrole nitrogens is 1. The molecule has 1 atom stereocenters. The molecular weight excluding hydrogens is 274 g/mol. The number of hydrogen-bond acceptors (Lipinski definition) is 5. The first-order valence-corrected chi connectivity index (χ1v) is 7.07. The van der Waals surface area contributed by atoms with Crippen molar-refractivity contribution in [1.82, 2.24) is 15.2 Å². The van der Waals surface area contributed by atoms with Crippen molar-refractivity contribution in [1.29, 1.82) is 0 Å². The van der Waals surface area contributed by atoms with Crippen molar-refractivity contribution >= 4 is 23.4 Å². The van der Waals surface area contributed by atoms with Crippen molar-refractivity contribution in [3.8, 4) is 0 Å². The van der Waals surface area contributed by atoms with Gasteiger partial charge in [0.05, 0.1) is 6.04 Å². The molecule has 20 heavy (non-hydrogen) atoms. The van der Waals surface area contributed by atoms with Gasteiger partial charge in [0, 0.05) is 10.6 Å². The molecule has 2 rings (SSSR count). The lowest BCUT2D eigenvalue weighted by molar-refractivity contribution is -0.118. The minimum absolute atomic E-state index is 0.108. The van der Waals surface area contributed by atoms with Gasteiger partial charge in [0.2, 0.25) is 5.91 Å². The second kappa shape index (κ2) is 6.53. The van der Waals surface area contributed by atoms with Gasteiger partial charge in [-0.15, -0.1) is 0 Å². The minimum atomic E-state index is -0.502. The van der Waals surface area contributed by atoms with E-state index < -0.39 is 6.04 Å². The van der Waals surface area contributed by atoms with E-state index in [1.54, 1.807) is 0 Å². The molecule has 4 N–H and O–H groups in total. The third-order valence-corrected chi connectivity index (χ3v) is 3.65. The first-order chi connectivity index (χ1) is 9.56. The number of nitrogens with zero attached hydrogens (tertiary/aromatic N) is 2. The van der Waals surface area contributed by atoms with Gasteiger partial charge in [-0.1, -0.05) is 25.6 Å². The Balaban J connectivity index is 1.96. The molecule has 0 unspecified atom stereocenters. The molecule has 0 aliphatic heterocycles. The van der Waals surface area contributed by atoms with Crippen LogP contribution in [0.3, 0.4) is 0 Å². The van der Waals surface area contributed by atoms with Crippen molar-refractivity contribution in [2.75, 3.05) is 5.32 Å². The lowest BCUT2D eigenvalue weighted by Crippen LogP contribution is -2.39. The largest absolute Gasteiger partial charge is 0.325 e. The fraction of sp³-hybridized carbons (Fsp3) is 0.308. The number of amides is 1. The molecule has 1 aromatic carbocycles. The highest BCUT2D eigenvalue weighted by atomic mass is 32.2. The van der Waals surface area contributed by atoms with Crippen LogP contribution in [0.1, 0.15) is 13.8 Å². The molecule has 0 fully saturated rings. The molecule has 1 heterocycles. The van der Waals surface area contributed by atoms with Crippen LogP contribution >= 0.6 is 11.8 Å². The second-order valence-electron chi connectivity index (χ2n) is 4.68. The van der Waals surface area contributed by atoms with E-state index in [0.29, 0.717) is 0 Å². The van der Waals surface area contributed by atoms with Gasteiger partial charge in [-0.2, -0.15) is 5.10 Å². The number of anilines is 1. The van der Waals surface area contributed by atoms with Crippen molar-refractivity contribution < 1.29 is 4.79 Å². The van der Waals surface area contributed by atoms with Gasteiger partial charge < -0.3 is 11.1 Å². The molecule has 1 aromatic heterocycles. The average molecular weight is 291 g/mol. The maximum Gasteiger partial charge on any atom is 0.241 e. The smallest absolute Gasteiger partial charge is 0.241 e. The Morgan fingerprint density at radius 2 is 2.05 bits per heavy atom. The molecule has 6 nitrogen and oxygen atoms in total. The van der Waals surface area contributed by atoms with Gasteiger partial charge in [0.1, 0.15) is 6.33 Å². The molecule has 2 aromatic rings. The summed E-state index contributed by atoms with van der Waals surface area (Å²) < 4.78 is 0. The molecular formula is C13H17N5OS. The molecule has 0 radical (unpaired) electrons. The molecule has 0 aliphatic rings. The van der Waals surface area contributed by atoms with Gasteiger partial charge >= 0.3 is 0 Å². The number of hydrogen-bond donors (Lipinski definition) is 3. The zero-order chi connectivity index (χ0) is 14.5. The van der Waals surface area contributed by atoms with E-state index >= 15 is 0 Å². The lowest BCUT2D eigenvalue weighted by Gasteiger charge is -2.15. The highest BCUT2D eigenvalue weighted by Gasteiger charge is 2.16. The third-order valence-electron chi connectivity index (χ3n) is 2.75. The molecule has 0 saturated heterocycles. The summed E-state index contributed by atoms with van der Waals surface area (Å²) in [6, 6.07) is 6.99. The Hall–Kier alpha value is -1.86. The fourth-order valence-corrected chi connectivity index (χ4v) is 2.18. The highest BCUT2D eigenvalue weighted by molar-refractivity contribution is 7.99. The van der Waals surface area contributed by atoms with Gasteiger partial charge in [-0.05, 0) is 30.2 Å². The van der Waals surface area contributed by atoms with Gasteiger partial charge in [0.15, 0.2) is 5.16 Å². The Kier molecular flexibility index (Phi) is 4.75. The highest BCUT2D eigenvalue weighted by Crippen LogP contribution is 2.25. The number of carbonyl (C=O) groups excluding carboxylic acids is 1.